The number of hydrogen-bond acceptors (Lipinski definition) is 3. The lowest BCUT2D eigenvalue weighted by Gasteiger charge is -2.32. The first-order valence-electron chi connectivity index (χ1n) is 9.33. The third-order valence-corrected chi connectivity index (χ3v) is 4.93. The Morgan fingerprint density at radius 3 is 2.85 bits per heavy atom. The Morgan fingerprint density at radius 2 is 2.07 bits per heavy atom. The molecule has 5 nitrogen and oxygen atoms in total. The van der Waals surface area contributed by atoms with E-state index in [0.29, 0.717) is 30.0 Å². The molecule has 0 aliphatic carbocycles. The molecule has 0 saturated carbocycles. The standard InChI is InChI=1S/C21H24FN3O2/c22-19-8-2-1-6-17(19)14-24-20(26)10-9-16-5-4-12-25(15-16)21(27)18-7-3-11-23-13-18/h1-3,6-8,11,13,16H,4-5,9-10,12,14-15H2,(H,24,26)/t16-/m1/s1. The smallest absolute Gasteiger partial charge is 0.255 e. The summed E-state index contributed by atoms with van der Waals surface area (Å²) in [5, 5.41) is 2.77. The lowest BCUT2D eigenvalue weighted by molar-refractivity contribution is -0.121. The number of amides is 2. The van der Waals surface area contributed by atoms with Crippen LogP contribution in [0.15, 0.2) is 48.8 Å². The molecule has 0 bridgehead atoms. The Hall–Kier alpha value is -2.76. The molecule has 0 radical (unpaired) electrons. The summed E-state index contributed by atoms with van der Waals surface area (Å²) in [4.78, 5) is 30.5. The quantitative estimate of drug-likeness (QED) is 0.851. The number of pyridine rings is 1. The van der Waals surface area contributed by atoms with Gasteiger partial charge < -0.3 is 10.2 Å². The summed E-state index contributed by atoms with van der Waals surface area (Å²) in [6.45, 7) is 1.60. The first-order valence-corrected chi connectivity index (χ1v) is 9.33. The van der Waals surface area contributed by atoms with Crippen molar-refractivity contribution < 1.29 is 14.0 Å². The summed E-state index contributed by atoms with van der Waals surface area (Å²) < 4.78 is 13.6. The van der Waals surface area contributed by atoms with Crippen LogP contribution in [0.4, 0.5) is 4.39 Å². The molecule has 1 aliphatic rings. The van der Waals surface area contributed by atoms with Crippen molar-refractivity contribution in [2.24, 2.45) is 5.92 Å². The molecule has 1 aromatic heterocycles. The maximum Gasteiger partial charge on any atom is 0.255 e. The lowest BCUT2D eigenvalue weighted by Crippen LogP contribution is -2.40. The van der Waals surface area contributed by atoms with E-state index in [9.17, 15) is 14.0 Å². The number of carbonyl (C=O) groups is 2. The Bertz CT molecular complexity index is 782. The Kier molecular flexibility index (Phi) is 6.52. The van der Waals surface area contributed by atoms with Gasteiger partial charge in [-0.3, -0.25) is 14.6 Å². The summed E-state index contributed by atoms with van der Waals surface area (Å²) in [5.41, 5.74) is 1.08. The number of piperidine rings is 1. The molecule has 1 N–H and O–H groups in total. The van der Waals surface area contributed by atoms with Gasteiger partial charge in [-0.25, -0.2) is 4.39 Å². The number of benzene rings is 1. The minimum Gasteiger partial charge on any atom is -0.352 e. The van der Waals surface area contributed by atoms with Gasteiger partial charge in [0.05, 0.1) is 5.56 Å². The highest BCUT2D eigenvalue weighted by atomic mass is 19.1. The van der Waals surface area contributed by atoms with Crippen LogP contribution in [0.1, 0.15) is 41.6 Å². The lowest BCUT2D eigenvalue weighted by atomic mass is 9.93. The van der Waals surface area contributed by atoms with E-state index in [1.165, 1.54) is 6.07 Å². The minimum absolute atomic E-state index is 0.00296. The minimum atomic E-state index is -0.311. The van der Waals surface area contributed by atoms with Gasteiger partial charge in [-0.15, -0.1) is 0 Å². The molecule has 6 heteroatoms. The van der Waals surface area contributed by atoms with Crippen molar-refractivity contribution in [2.75, 3.05) is 13.1 Å². The summed E-state index contributed by atoms with van der Waals surface area (Å²) >= 11 is 0. The van der Waals surface area contributed by atoms with E-state index in [0.717, 1.165) is 25.8 Å². The van der Waals surface area contributed by atoms with Crippen molar-refractivity contribution in [3.63, 3.8) is 0 Å². The summed E-state index contributed by atoms with van der Waals surface area (Å²) in [6, 6.07) is 9.96. The molecule has 1 saturated heterocycles. The summed E-state index contributed by atoms with van der Waals surface area (Å²) in [5.74, 6) is -0.0982. The molecule has 2 amide bonds. The Morgan fingerprint density at radius 1 is 1.22 bits per heavy atom. The van der Waals surface area contributed by atoms with Crippen molar-refractivity contribution in [3.8, 4) is 0 Å². The zero-order valence-corrected chi connectivity index (χ0v) is 15.2. The third-order valence-electron chi connectivity index (χ3n) is 4.93. The van der Waals surface area contributed by atoms with Gasteiger partial charge in [0.1, 0.15) is 5.82 Å². The second kappa shape index (κ2) is 9.26. The van der Waals surface area contributed by atoms with E-state index >= 15 is 0 Å². The highest BCUT2D eigenvalue weighted by Gasteiger charge is 2.24. The van der Waals surface area contributed by atoms with Crippen LogP contribution in [-0.2, 0) is 11.3 Å². The van der Waals surface area contributed by atoms with Crippen LogP contribution in [0.25, 0.3) is 0 Å². The number of carbonyl (C=O) groups excluding carboxylic acids is 2. The average Bonchev–Trinajstić information content (AvgIpc) is 2.72. The second-order valence-electron chi connectivity index (χ2n) is 6.91. The molecule has 1 aromatic carbocycles. The largest absolute Gasteiger partial charge is 0.352 e. The zero-order chi connectivity index (χ0) is 19.1. The highest BCUT2D eigenvalue weighted by molar-refractivity contribution is 5.93. The van der Waals surface area contributed by atoms with Gasteiger partial charge in [-0.2, -0.15) is 0 Å². The molecule has 0 unspecified atom stereocenters. The average molecular weight is 369 g/mol. The molecule has 1 aliphatic heterocycles. The van der Waals surface area contributed by atoms with Crippen LogP contribution in [0.5, 0.6) is 0 Å². The van der Waals surface area contributed by atoms with Gasteiger partial charge in [-0.05, 0) is 43.4 Å². The van der Waals surface area contributed by atoms with Crippen molar-refractivity contribution in [1.82, 2.24) is 15.2 Å². The van der Waals surface area contributed by atoms with Gasteiger partial charge in [-0.1, -0.05) is 18.2 Å². The molecular formula is C21H24FN3O2. The monoisotopic (exact) mass is 369 g/mol. The van der Waals surface area contributed by atoms with Crippen molar-refractivity contribution in [2.45, 2.75) is 32.2 Å². The zero-order valence-electron chi connectivity index (χ0n) is 15.2. The predicted molar refractivity (Wildman–Crippen MR) is 100 cm³/mol. The van der Waals surface area contributed by atoms with Gasteiger partial charge in [0.15, 0.2) is 0 Å². The molecule has 1 fully saturated rings. The van der Waals surface area contributed by atoms with Gasteiger partial charge in [0.2, 0.25) is 5.91 Å². The number of hydrogen-bond donors (Lipinski definition) is 1. The molecular weight excluding hydrogens is 345 g/mol. The third kappa shape index (κ3) is 5.36. The Labute approximate surface area is 158 Å². The fourth-order valence-electron chi connectivity index (χ4n) is 3.42. The number of rotatable bonds is 6. The van der Waals surface area contributed by atoms with Crippen LogP contribution < -0.4 is 5.32 Å². The maximum absolute atomic E-state index is 13.6. The molecule has 142 valence electrons. The number of nitrogens with one attached hydrogen (secondary N) is 1. The fourth-order valence-corrected chi connectivity index (χ4v) is 3.42. The van der Waals surface area contributed by atoms with Crippen LogP contribution >= 0.6 is 0 Å². The number of aromatic nitrogens is 1. The highest BCUT2D eigenvalue weighted by Crippen LogP contribution is 2.22. The first kappa shape index (κ1) is 19.0. The van der Waals surface area contributed by atoms with Gasteiger partial charge in [0, 0.05) is 44.0 Å². The van der Waals surface area contributed by atoms with E-state index in [4.69, 9.17) is 0 Å². The number of likely N-dealkylation sites (tertiary alicyclic amines) is 1. The van der Waals surface area contributed by atoms with E-state index < -0.39 is 0 Å². The van der Waals surface area contributed by atoms with Gasteiger partial charge in [0.25, 0.3) is 5.91 Å². The van der Waals surface area contributed by atoms with Gasteiger partial charge >= 0.3 is 0 Å². The normalized spacial score (nSPS) is 16.8. The van der Waals surface area contributed by atoms with Crippen molar-refractivity contribution >= 4 is 11.8 Å². The molecule has 2 heterocycles. The van der Waals surface area contributed by atoms with E-state index in [1.54, 1.807) is 42.7 Å². The van der Waals surface area contributed by atoms with Crippen LogP contribution in [0, 0.1) is 11.7 Å². The summed E-state index contributed by atoms with van der Waals surface area (Å²) in [6.07, 6.45) is 6.29. The second-order valence-corrected chi connectivity index (χ2v) is 6.91. The predicted octanol–water partition coefficient (Wildman–Crippen LogP) is 3.17. The van der Waals surface area contributed by atoms with E-state index in [1.807, 2.05) is 4.90 Å². The summed E-state index contributed by atoms with van der Waals surface area (Å²) in [7, 11) is 0. The molecule has 27 heavy (non-hydrogen) atoms. The van der Waals surface area contributed by atoms with Crippen molar-refractivity contribution in [3.05, 3.63) is 65.7 Å². The number of nitrogens with zero attached hydrogens (tertiary/aromatic N) is 2. The van der Waals surface area contributed by atoms with Crippen LogP contribution in [0.3, 0.4) is 0 Å². The van der Waals surface area contributed by atoms with E-state index in [2.05, 4.69) is 10.3 Å². The number of halogens is 1. The van der Waals surface area contributed by atoms with Crippen molar-refractivity contribution in [1.29, 1.82) is 0 Å². The molecule has 2 aromatic rings. The molecule has 0 spiro atoms. The SMILES string of the molecule is O=C(CC[C@H]1CCCN(C(=O)c2cccnc2)C1)NCc1ccccc1F. The van der Waals surface area contributed by atoms with E-state index in [-0.39, 0.29) is 24.2 Å². The maximum atomic E-state index is 13.6. The molecule has 1 atom stereocenters. The fraction of sp³-hybridized carbons (Fsp3) is 0.381. The first-order chi connectivity index (χ1) is 13.1. The Balaban J connectivity index is 1.44. The molecule has 3 rings (SSSR count). The van der Waals surface area contributed by atoms with Crippen LogP contribution in [0.2, 0.25) is 0 Å². The topological polar surface area (TPSA) is 62.3 Å². The van der Waals surface area contributed by atoms with Crippen LogP contribution in [-0.4, -0.2) is 34.8 Å².